The molecule has 0 aliphatic carbocycles. The highest BCUT2D eigenvalue weighted by Gasteiger charge is 2.04. The Morgan fingerprint density at radius 2 is 1.91 bits per heavy atom. The van der Waals surface area contributed by atoms with E-state index in [1.807, 2.05) is 0 Å². The summed E-state index contributed by atoms with van der Waals surface area (Å²) in [5, 5.41) is 15.2. The molecule has 0 saturated heterocycles. The van der Waals surface area contributed by atoms with Gasteiger partial charge in [-0.3, -0.25) is 5.43 Å². The molecule has 1 N–H and O–H groups in total. The van der Waals surface area contributed by atoms with Gasteiger partial charge in [0.05, 0.1) is 37.1 Å². The van der Waals surface area contributed by atoms with Crippen LogP contribution in [-0.2, 0) is 0 Å². The molecule has 0 radical (unpaired) electrons. The van der Waals surface area contributed by atoms with Gasteiger partial charge in [-0.25, -0.2) is 0 Å². The van der Waals surface area contributed by atoms with Crippen molar-refractivity contribution in [3.63, 3.8) is 0 Å². The Morgan fingerprint density at radius 3 is 2.57 bits per heavy atom. The van der Waals surface area contributed by atoms with Crippen LogP contribution in [0.2, 0.25) is 5.02 Å². The van der Waals surface area contributed by atoms with Crippen molar-refractivity contribution in [2.24, 2.45) is 5.10 Å². The summed E-state index contributed by atoms with van der Waals surface area (Å²) in [6, 6.07) is 9.48. The number of rotatable bonds is 6. The minimum atomic E-state index is -1.28. The van der Waals surface area contributed by atoms with E-state index in [1.165, 1.54) is 18.2 Å². The monoisotopic (exact) mass is 333 g/mol. The van der Waals surface area contributed by atoms with Gasteiger partial charge in [-0.15, -0.1) is 0 Å². The number of ether oxygens (including phenoxy) is 2. The number of nitrogens with zero attached hydrogens (tertiary/aromatic N) is 1. The first-order chi connectivity index (χ1) is 11.0. The van der Waals surface area contributed by atoms with Crippen LogP contribution in [0.4, 0.5) is 5.69 Å². The molecule has 0 unspecified atom stereocenters. The summed E-state index contributed by atoms with van der Waals surface area (Å²) in [6.45, 7) is 0. The van der Waals surface area contributed by atoms with Gasteiger partial charge in [0.1, 0.15) is 0 Å². The van der Waals surface area contributed by atoms with Crippen molar-refractivity contribution in [2.75, 3.05) is 19.6 Å². The number of nitrogens with one attached hydrogen (secondary N) is 1. The number of halogens is 1. The van der Waals surface area contributed by atoms with Crippen molar-refractivity contribution in [3.05, 3.63) is 52.5 Å². The number of carboxylic acid groups (broad SMARTS) is 1. The Kier molecular flexibility index (Phi) is 5.43. The zero-order valence-electron chi connectivity index (χ0n) is 12.5. The number of hydrogen-bond acceptors (Lipinski definition) is 6. The maximum absolute atomic E-state index is 10.8. The van der Waals surface area contributed by atoms with Crippen molar-refractivity contribution in [2.45, 2.75) is 0 Å². The van der Waals surface area contributed by atoms with Gasteiger partial charge in [-0.1, -0.05) is 17.7 Å². The average molecular weight is 334 g/mol. The quantitative estimate of drug-likeness (QED) is 0.647. The molecule has 6 nitrogen and oxygen atoms in total. The predicted molar refractivity (Wildman–Crippen MR) is 86.5 cm³/mol. The van der Waals surface area contributed by atoms with E-state index in [1.54, 1.807) is 38.6 Å². The third kappa shape index (κ3) is 4.14. The average Bonchev–Trinajstić information content (AvgIpc) is 2.56. The van der Waals surface area contributed by atoms with Crippen molar-refractivity contribution in [1.29, 1.82) is 0 Å². The van der Waals surface area contributed by atoms with Crippen LogP contribution in [-0.4, -0.2) is 26.4 Å². The maximum atomic E-state index is 10.8. The number of benzene rings is 2. The molecular weight excluding hydrogens is 320 g/mol. The molecule has 0 aliphatic rings. The van der Waals surface area contributed by atoms with Gasteiger partial charge in [0.25, 0.3) is 0 Å². The van der Waals surface area contributed by atoms with Crippen LogP contribution in [0.3, 0.4) is 0 Å². The number of anilines is 1. The minimum Gasteiger partial charge on any atom is -0.545 e. The Hall–Kier alpha value is -2.73. The zero-order chi connectivity index (χ0) is 16.8. The third-order valence-electron chi connectivity index (χ3n) is 3.01. The molecule has 0 bridgehead atoms. The first-order valence-corrected chi connectivity index (χ1v) is 6.95. The summed E-state index contributed by atoms with van der Waals surface area (Å²) < 4.78 is 10.4. The normalized spacial score (nSPS) is 10.6. The lowest BCUT2D eigenvalue weighted by molar-refractivity contribution is -0.255. The minimum absolute atomic E-state index is 0.0122. The SMILES string of the molecule is COc1ccc(/C=N\Nc2cc(C(=O)[O-])ccc2Cl)cc1OC. The van der Waals surface area contributed by atoms with Crippen LogP contribution in [0.15, 0.2) is 41.5 Å². The first-order valence-electron chi connectivity index (χ1n) is 6.57. The molecule has 7 heteroatoms. The van der Waals surface area contributed by atoms with E-state index in [-0.39, 0.29) is 5.56 Å². The number of carbonyl (C=O) groups excluding carboxylic acids is 1. The first kappa shape index (κ1) is 16.6. The highest BCUT2D eigenvalue weighted by molar-refractivity contribution is 6.33. The number of carbonyl (C=O) groups is 1. The highest BCUT2D eigenvalue weighted by atomic mass is 35.5. The van der Waals surface area contributed by atoms with Gasteiger partial charge in [0.15, 0.2) is 11.5 Å². The molecule has 120 valence electrons. The van der Waals surface area contributed by atoms with E-state index in [9.17, 15) is 9.90 Å². The van der Waals surface area contributed by atoms with E-state index in [4.69, 9.17) is 21.1 Å². The second kappa shape index (κ2) is 7.51. The van der Waals surface area contributed by atoms with Crippen molar-refractivity contribution in [3.8, 4) is 11.5 Å². The molecule has 0 aromatic heterocycles. The lowest BCUT2D eigenvalue weighted by Gasteiger charge is -2.08. The van der Waals surface area contributed by atoms with Crippen LogP contribution in [0, 0.1) is 0 Å². The molecule has 0 heterocycles. The topological polar surface area (TPSA) is 83.0 Å². The number of aromatic carboxylic acids is 1. The molecule has 2 aromatic rings. The summed E-state index contributed by atoms with van der Waals surface area (Å²) in [5.74, 6) is -0.0932. The fraction of sp³-hybridized carbons (Fsp3) is 0.125. The highest BCUT2D eigenvalue weighted by Crippen LogP contribution is 2.27. The lowest BCUT2D eigenvalue weighted by Crippen LogP contribution is -2.22. The van der Waals surface area contributed by atoms with E-state index >= 15 is 0 Å². The Morgan fingerprint density at radius 1 is 1.17 bits per heavy atom. The van der Waals surface area contributed by atoms with Crippen LogP contribution >= 0.6 is 11.6 Å². The summed E-state index contributed by atoms with van der Waals surface area (Å²) in [5.41, 5.74) is 3.84. The second-order valence-electron chi connectivity index (χ2n) is 4.47. The standard InChI is InChI=1S/C16H15ClN2O4/c1-22-14-6-3-10(7-15(14)23-2)9-18-19-13-8-11(16(20)21)4-5-12(13)17/h3-9,19H,1-2H3,(H,20,21)/p-1/b18-9-. The van der Waals surface area contributed by atoms with E-state index in [2.05, 4.69) is 10.5 Å². The zero-order valence-corrected chi connectivity index (χ0v) is 13.3. The second-order valence-corrected chi connectivity index (χ2v) is 4.87. The van der Waals surface area contributed by atoms with Gasteiger partial charge in [0, 0.05) is 0 Å². The molecule has 0 saturated carbocycles. The molecule has 0 spiro atoms. The Balaban J connectivity index is 2.16. The third-order valence-corrected chi connectivity index (χ3v) is 3.34. The molecule has 2 aromatic carbocycles. The van der Waals surface area contributed by atoms with E-state index < -0.39 is 5.97 Å². The van der Waals surface area contributed by atoms with Gasteiger partial charge in [-0.05, 0) is 41.5 Å². The number of hydrogen-bond donors (Lipinski definition) is 1. The summed E-state index contributed by atoms with van der Waals surface area (Å²) >= 11 is 5.98. The number of methoxy groups -OCH3 is 2. The summed E-state index contributed by atoms with van der Waals surface area (Å²) in [6.07, 6.45) is 1.55. The molecule has 2 rings (SSSR count). The lowest BCUT2D eigenvalue weighted by atomic mass is 10.2. The fourth-order valence-electron chi connectivity index (χ4n) is 1.85. The Labute approximate surface area is 138 Å². The van der Waals surface area contributed by atoms with Gasteiger partial charge in [0.2, 0.25) is 0 Å². The molecule has 0 fully saturated rings. The molecular formula is C16H14ClN2O4-. The van der Waals surface area contributed by atoms with Crippen molar-refractivity contribution < 1.29 is 19.4 Å². The van der Waals surface area contributed by atoms with Gasteiger partial charge < -0.3 is 19.4 Å². The largest absolute Gasteiger partial charge is 0.545 e. The number of carboxylic acids is 1. The summed E-state index contributed by atoms with van der Waals surface area (Å²) in [4.78, 5) is 10.8. The van der Waals surface area contributed by atoms with Crippen LogP contribution in [0.1, 0.15) is 15.9 Å². The van der Waals surface area contributed by atoms with E-state index in [0.29, 0.717) is 22.2 Å². The number of hydrazone groups is 1. The summed E-state index contributed by atoms with van der Waals surface area (Å²) in [7, 11) is 3.10. The van der Waals surface area contributed by atoms with Crippen molar-refractivity contribution in [1.82, 2.24) is 0 Å². The van der Waals surface area contributed by atoms with Crippen LogP contribution < -0.4 is 20.0 Å². The van der Waals surface area contributed by atoms with Crippen molar-refractivity contribution >= 4 is 29.5 Å². The van der Waals surface area contributed by atoms with Gasteiger partial charge in [-0.2, -0.15) is 5.10 Å². The van der Waals surface area contributed by atoms with Crippen LogP contribution in [0.25, 0.3) is 0 Å². The van der Waals surface area contributed by atoms with Crippen LogP contribution in [0.5, 0.6) is 11.5 Å². The Bertz CT molecular complexity index is 747. The van der Waals surface area contributed by atoms with E-state index in [0.717, 1.165) is 5.56 Å². The predicted octanol–water partition coefficient (Wildman–Crippen LogP) is 2.17. The molecule has 0 aliphatic heterocycles. The van der Waals surface area contributed by atoms with Gasteiger partial charge >= 0.3 is 0 Å². The molecule has 23 heavy (non-hydrogen) atoms. The molecule has 0 atom stereocenters. The smallest absolute Gasteiger partial charge is 0.161 e. The molecule has 0 amide bonds. The maximum Gasteiger partial charge on any atom is 0.161 e. The fourth-order valence-corrected chi connectivity index (χ4v) is 2.01.